The number of nitrogens with one attached hydrogen (secondary N) is 1. The van der Waals surface area contributed by atoms with Gasteiger partial charge in [-0.2, -0.15) is 0 Å². The van der Waals surface area contributed by atoms with Gasteiger partial charge in [0.05, 0.1) is 30.2 Å². The molecule has 1 aromatic rings. The van der Waals surface area contributed by atoms with Crippen LogP contribution in [0.2, 0.25) is 36.3 Å². The van der Waals surface area contributed by atoms with E-state index in [0.717, 1.165) is 10.0 Å². The van der Waals surface area contributed by atoms with E-state index in [2.05, 4.69) is 79.6 Å². The molecular formula is C29H51N3O7SSi2. The van der Waals surface area contributed by atoms with Crippen LogP contribution in [0.15, 0.2) is 53.5 Å². The predicted molar refractivity (Wildman–Crippen MR) is 173 cm³/mol. The Balaban J connectivity index is 2.49. The summed E-state index contributed by atoms with van der Waals surface area (Å²) in [6.45, 7) is 26.7. The van der Waals surface area contributed by atoms with Crippen LogP contribution in [0.4, 0.5) is 5.69 Å². The van der Waals surface area contributed by atoms with Crippen molar-refractivity contribution in [2.45, 2.75) is 101 Å². The molecule has 0 aliphatic carbocycles. The van der Waals surface area contributed by atoms with E-state index < -0.39 is 48.2 Å². The van der Waals surface area contributed by atoms with E-state index in [1.807, 2.05) is 6.08 Å². The number of sulfonamides is 1. The van der Waals surface area contributed by atoms with Crippen molar-refractivity contribution in [3.63, 3.8) is 0 Å². The van der Waals surface area contributed by atoms with Crippen molar-refractivity contribution < 1.29 is 27.0 Å². The predicted octanol–water partition coefficient (Wildman–Crippen LogP) is 6.40. The zero-order valence-corrected chi connectivity index (χ0v) is 29.8. The Morgan fingerprint density at radius 2 is 1.64 bits per heavy atom. The second kappa shape index (κ2) is 13.9. The van der Waals surface area contributed by atoms with Gasteiger partial charge in [0.15, 0.2) is 21.5 Å². The summed E-state index contributed by atoms with van der Waals surface area (Å²) in [6, 6.07) is 4.38. The van der Waals surface area contributed by atoms with Crippen LogP contribution < -0.4 is 5.32 Å². The first-order valence-corrected chi connectivity index (χ1v) is 21.6. The zero-order valence-electron chi connectivity index (χ0n) is 27.0. The highest BCUT2D eigenvalue weighted by Gasteiger charge is 2.41. The smallest absolute Gasteiger partial charge is 0.289 e. The van der Waals surface area contributed by atoms with Gasteiger partial charge in [-0.15, -0.1) is 6.58 Å². The minimum atomic E-state index is -4.42. The van der Waals surface area contributed by atoms with E-state index in [-0.39, 0.29) is 29.3 Å². The van der Waals surface area contributed by atoms with Crippen LogP contribution in [0.1, 0.15) is 48.0 Å². The Kier molecular flexibility index (Phi) is 12.1. The molecule has 0 unspecified atom stereocenters. The van der Waals surface area contributed by atoms with Gasteiger partial charge in [0, 0.05) is 19.2 Å². The number of hydrogen-bond acceptors (Lipinski definition) is 8. The van der Waals surface area contributed by atoms with Crippen LogP contribution in [0, 0.1) is 10.1 Å². The Hall–Kier alpha value is -1.72. The number of nitro groups is 1. The lowest BCUT2D eigenvalue weighted by atomic mass is 9.98. The van der Waals surface area contributed by atoms with Crippen molar-refractivity contribution in [1.29, 1.82) is 0 Å². The van der Waals surface area contributed by atoms with Crippen molar-refractivity contribution >= 4 is 32.3 Å². The summed E-state index contributed by atoms with van der Waals surface area (Å²) in [6.07, 6.45) is 3.90. The van der Waals surface area contributed by atoms with Crippen molar-refractivity contribution in [2.75, 3.05) is 26.4 Å². The molecule has 0 bridgehead atoms. The van der Waals surface area contributed by atoms with Crippen LogP contribution in [-0.4, -0.2) is 72.9 Å². The SMILES string of the molecule is C=CCON([C@@H]1C=C(CCO[Si](C)(C)C(C)(C)C)[C@@H](CO[Si](C)(C)C(C)(C)C)NC1)S(=O)(=O)c1ccccc1[N+](=O)[O-]. The maximum absolute atomic E-state index is 13.8. The van der Waals surface area contributed by atoms with Crippen LogP contribution >= 0.6 is 0 Å². The first kappa shape index (κ1) is 36.5. The summed E-state index contributed by atoms with van der Waals surface area (Å²) in [5.41, 5.74) is 0.440. The van der Waals surface area contributed by atoms with Crippen LogP contribution in [0.5, 0.6) is 0 Å². The normalized spacial score (nSPS) is 19.1. The molecular weight excluding hydrogens is 591 g/mol. The number of nitrogens with zero attached hydrogens (tertiary/aromatic N) is 2. The standard InChI is InChI=1S/C29H51N3O7SSi2/c1-12-18-37-32(40(35,36)27-16-14-13-15-26(27)31(33)34)24-20-23(17-19-38-41(8,9)28(2,3)4)25(30-21-24)22-39-42(10,11)29(5,6)7/h12-16,20,24-25,30H,1,17-19,21-22H2,2-11H3/t24-,25-/m1/s1. The van der Waals surface area contributed by atoms with E-state index in [1.165, 1.54) is 30.3 Å². The molecule has 10 nitrogen and oxygen atoms in total. The van der Waals surface area contributed by atoms with Gasteiger partial charge in [0.2, 0.25) is 0 Å². The molecule has 0 aromatic heterocycles. The highest BCUT2D eigenvalue weighted by molar-refractivity contribution is 7.89. The fraction of sp³-hybridized carbons (Fsp3) is 0.655. The third-order valence-corrected chi connectivity index (χ3v) is 19.5. The Morgan fingerprint density at radius 3 is 2.19 bits per heavy atom. The van der Waals surface area contributed by atoms with Gasteiger partial charge in [-0.25, -0.2) is 8.42 Å². The molecule has 238 valence electrons. The van der Waals surface area contributed by atoms with E-state index in [4.69, 9.17) is 13.7 Å². The monoisotopic (exact) mass is 641 g/mol. The maximum Gasteiger partial charge on any atom is 0.289 e. The quantitative estimate of drug-likeness (QED) is 0.107. The topological polar surface area (TPSA) is 120 Å². The second-order valence-electron chi connectivity index (χ2n) is 13.8. The highest BCUT2D eigenvalue weighted by atomic mass is 32.2. The molecule has 42 heavy (non-hydrogen) atoms. The molecule has 1 aliphatic rings. The van der Waals surface area contributed by atoms with Crippen molar-refractivity contribution in [3.05, 3.63) is 58.7 Å². The van der Waals surface area contributed by atoms with Gasteiger partial charge in [-0.05, 0) is 48.8 Å². The van der Waals surface area contributed by atoms with Crippen LogP contribution in [-0.2, 0) is 23.7 Å². The van der Waals surface area contributed by atoms with Gasteiger partial charge >= 0.3 is 0 Å². The first-order chi connectivity index (χ1) is 19.2. The average Bonchev–Trinajstić information content (AvgIpc) is 2.86. The zero-order chi connectivity index (χ0) is 32.1. The van der Waals surface area contributed by atoms with Gasteiger partial charge in [-0.1, -0.05) is 75.9 Å². The lowest BCUT2D eigenvalue weighted by molar-refractivity contribution is -0.387. The van der Waals surface area contributed by atoms with Gasteiger partial charge in [0.25, 0.3) is 15.7 Å². The molecule has 0 amide bonds. The fourth-order valence-electron chi connectivity index (χ4n) is 3.92. The summed E-state index contributed by atoms with van der Waals surface area (Å²) in [4.78, 5) is 16.3. The Morgan fingerprint density at radius 1 is 1.07 bits per heavy atom. The lowest BCUT2D eigenvalue weighted by Crippen LogP contribution is -2.53. The van der Waals surface area contributed by atoms with Gasteiger partial charge in [0.1, 0.15) is 0 Å². The van der Waals surface area contributed by atoms with Crippen LogP contribution in [0.3, 0.4) is 0 Å². The molecule has 1 heterocycles. The molecule has 0 fully saturated rings. The summed E-state index contributed by atoms with van der Waals surface area (Å²) in [5, 5.41) is 15.3. The van der Waals surface area contributed by atoms with Crippen LogP contribution in [0.25, 0.3) is 0 Å². The van der Waals surface area contributed by atoms with E-state index in [1.54, 1.807) is 0 Å². The molecule has 13 heteroatoms. The number of nitro benzene ring substituents is 1. The molecule has 2 rings (SSSR count). The number of hydroxylamine groups is 1. The van der Waals surface area contributed by atoms with E-state index in [0.29, 0.717) is 19.6 Å². The Labute approximate surface area is 254 Å². The maximum atomic E-state index is 13.8. The number of benzene rings is 1. The molecule has 0 saturated heterocycles. The molecule has 0 radical (unpaired) electrons. The minimum absolute atomic E-state index is 0.0350. The van der Waals surface area contributed by atoms with Crippen molar-refractivity contribution in [2.24, 2.45) is 0 Å². The van der Waals surface area contributed by atoms with E-state index >= 15 is 0 Å². The van der Waals surface area contributed by atoms with Gasteiger partial charge < -0.3 is 14.2 Å². The molecule has 1 N–H and O–H groups in total. The molecule has 0 spiro atoms. The third kappa shape index (κ3) is 8.91. The van der Waals surface area contributed by atoms with Crippen molar-refractivity contribution in [1.82, 2.24) is 9.79 Å². The summed E-state index contributed by atoms with van der Waals surface area (Å²) < 4.78 is 41.6. The fourth-order valence-corrected chi connectivity index (χ4v) is 7.52. The average molecular weight is 642 g/mol. The highest BCUT2D eigenvalue weighted by Crippen LogP contribution is 2.38. The lowest BCUT2D eigenvalue weighted by Gasteiger charge is -2.40. The Bertz CT molecular complexity index is 1240. The number of para-hydroxylation sites is 1. The van der Waals surface area contributed by atoms with E-state index in [9.17, 15) is 18.5 Å². The molecule has 2 atom stereocenters. The molecule has 0 saturated carbocycles. The molecule has 1 aromatic carbocycles. The summed E-state index contributed by atoms with van der Waals surface area (Å²) in [5.74, 6) is 0. The van der Waals surface area contributed by atoms with Crippen molar-refractivity contribution in [3.8, 4) is 0 Å². The third-order valence-electron chi connectivity index (χ3n) is 8.67. The molecule has 1 aliphatic heterocycles. The summed E-state index contributed by atoms with van der Waals surface area (Å²) in [7, 11) is -8.48. The summed E-state index contributed by atoms with van der Waals surface area (Å²) >= 11 is 0. The number of hydrogen-bond donors (Lipinski definition) is 1. The first-order valence-electron chi connectivity index (χ1n) is 14.4. The minimum Gasteiger partial charge on any atom is -0.417 e. The van der Waals surface area contributed by atoms with Gasteiger partial charge in [-0.3, -0.25) is 15.0 Å². The second-order valence-corrected chi connectivity index (χ2v) is 25.1. The largest absolute Gasteiger partial charge is 0.417 e. The number of rotatable bonds is 14.